The quantitative estimate of drug-likeness (QED) is 0.494. The van der Waals surface area contributed by atoms with Gasteiger partial charge >= 0.3 is 11.6 Å². The molecule has 7 heteroatoms. The van der Waals surface area contributed by atoms with Gasteiger partial charge in [0.1, 0.15) is 11.3 Å². The molecular weight excluding hydrogens is 374 g/mol. The average Bonchev–Trinajstić information content (AvgIpc) is 3.14. The first kappa shape index (κ1) is 20.9. The van der Waals surface area contributed by atoms with E-state index in [0.717, 1.165) is 42.2 Å². The van der Waals surface area contributed by atoms with Gasteiger partial charge in [-0.1, -0.05) is 6.42 Å². The summed E-state index contributed by atoms with van der Waals surface area (Å²) in [7, 11) is 0. The van der Waals surface area contributed by atoms with Crippen molar-refractivity contribution in [3.8, 4) is 5.75 Å². The fourth-order valence-electron chi connectivity index (χ4n) is 3.78. The van der Waals surface area contributed by atoms with Crippen LogP contribution in [0, 0.1) is 6.92 Å². The molecule has 0 bridgehead atoms. The predicted octanol–water partition coefficient (Wildman–Crippen LogP) is 3.12. The van der Waals surface area contributed by atoms with Gasteiger partial charge in [-0.2, -0.15) is 0 Å². The Balaban J connectivity index is 1.68. The van der Waals surface area contributed by atoms with Gasteiger partial charge < -0.3 is 19.6 Å². The number of fused-ring (bicyclic) bond motifs is 3. The Kier molecular flexibility index (Phi) is 6.56. The zero-order chi connectivity index (χ0) is 21.0. The molecule has 29 heavy (non-hydrogen) atoms. The molecule has 0 aliphatic heterocycles. The van der Waals surface area contributed by atoms with Crippen molar-refractivity contribution in [2.45, 2.75) is 64.9 Å². The summed E-state index contributed by atoms with van der Waals surface area (Å²) in [5.41, 5.74) is 2.79. The van der Waals surface area contributed by atoms with Crippen LogP contribution in [-0.2, 0) is 22.4 Å². The van der Waals surface area contributed by atoms with Crippen molar-refractivity contribution in [1.82, 2.24) is 5.32 Å². The van der Waals surface area contributed by atoms with Gasteiger partial charge in [0.25, 0.3) is 5.91 Å². The molecule has 2 aromatic rings. The van der Waals surface area contributed by atoms with E-state index < -0.39 is 12.1 Å². The monoisotopic (exact) mass is 401 g/mol. The van der Waals surface area contributed by atoms with Crippen molar-refractivity contribution in [3.05, 3.63) is 39.2 Å². The number of rotatable bonds is 9. The Bertz CT molecular complexity index is 977. The molecule has 0 saturated carbocycles. The molecule has 1 aliphatic carbocycles. The van der Waals surface area contributed by atoms with Gasteiger partial charge in [-0.3, -0.25) is 9.59 Å². The smallest absolute Gasteiger partial charge is 0.339 e. The van der Waals surface area contributed by atoms with Gasteiger partial charge in [-0.25, -0.2) is 4.79 Å². The van der Waals surface area contributed by atoms with E-state index in [9.17, 15) is 14.4 Å². The highest BCUT2D eigenvalue weighted by Gasteiger charge is 2.24. The van der Waals surface area contributed by atoms with E-state index in [4.69, 9.17) is 14.3 Å². The van der Waals surface area contributed by atoms with E-state index in [1.807, 2.05) is 19.1 Å². The number of carbonyl (C=O) groups excluding carboxylic acids is 1. The molecule has 0 unspecified atom stereocenters. The lowest BCUT2D eigenvalue weighted by Crippen LogP contribution is -2.36. The minimum atomic E-state index is -0.802. The average molecular weight is 401 g/mol. The van der Waals surface area contributed by atoms with E-state index in [-0.39, 0.29) is 18.0 Å². The topological polar surface area (TPSA) is 106 Å². The Morgan fingerprint density at radius 2 is 1.97 bits per heavy atom. The number of unbranched alkanes of at least 4 members (excludes halogenated alkanes) is 2. The van der Waals surface area contributed by atoms with Crippen molar-refractivity contribution in [2.24, 2.45) is 0 Å². The third kappa shape index (κ3) is 4.96. The van der Waals surface area contributed by atoms with Gasteiger partial charge in [0.2, 0.25) is 0 Å². The van der Waals surface area contributed by atoms with E-state index in [1.165, 1.54) is 0 Å². The minimum absolute atomic E-state index is 0.147. The lowest BCUT2D eigenvalue weighted by molar-refractivity contribution is -0.137. The van der Waals surface area contributed by atoms with E-state index in [0.29, 0.717) is 36.3 Å². The van der Waals surface area contributed by atoms with Crippen LogP contribution in [0.2, 0.25) is 0 Å². The largest absolute Gasteiger partial charge is 0.481 e. The minimum Gasteiger partial charge on any atom is -0.481 e. The zero-order valence-corrected chi connectivity index (χ0v) is 16.9. The van der Waals surface area contributed by atoms with Crippen molar-refractivity contribution in [2.75, 3.05) is 6.54 Å². The standard InChI is InChI=1S/C22H27NO6/c1-13-11-17(20-15-7-6-8-16(15)22(27)29-18(20)12-13)28-14(2)21(26)23-10-5-3-4-9-19(24)25/h11-12,14H,3-10H2,1-2H3,(H,23,26)(H,24,25)/t14-/m1/s1. The van der Waals surface area contributed by atoms with Crippen LogP contribution in [-0.4, -0.2) is 29.6 Å². The Morgan fingerprint density at radius 3 is 2.72 bits per heavy atom. The number of carboxylic acid groups (broad SMARTS) is 1. The highest BCUT2D eigenvalue weighted by atomic mass is 16.5. The number of carboxylic acids is 1. The molecule has 0 fully saturated rings. The molecule has 1 atom stereocenters. The molecule has 0 saturated heterocycles. The van der Waals surface area contributed by atoms with Gasteiger partial charge in [-0.05, 0) is 69.2 Å². The van der Waals surface area contributed by atoms with Gasteiger partial charge in [0.05, 0.1) is 5.39 Å². The predicted molar refractivity (Wildman–Crippen MR) is 108 cm³/mol. The van der Waals surface area contributed by atoms with Crippen LogP contribution in [0.15, 0.2) is 21.3 Å². The first-order valence-electron chi connectivity index (χ1n) is 10.1. The summed E-state index contributed by atoms with van der Waals surface area (Å²) in [5.74, 6) is -0.471. The van der Waals surface area contributed by atoms with Crippen LogP contribution in [0.3, 0.4) is 0 Å². The molecule has 1 aromatic carbocycles. The highest BCUT2D eigenvalue weighted by molar-refractivity contribution is 5.89. The number of benzene rings is 1. The maximum atomic E-state index is 12.4. The fourth-order valence-corrected chi connectivity index (χ4v) is 3.78. The molecule has 156 valence electrons. The van der Waals surface area contributed by atoms with Gasteiger partial charge in [0.15, 0.2) is 6.10 Å². The molecule has 1 amide bonds. The van der Waals surface area contributed by atoms with Crippen LogP contribution in [0.25, 0.3) is 11.0 Å². The number of ether oxygens (including phenoxy) is 1. The lowest BCUT2D eigenvalue weighted by Gasteiger charge is -2.18. The van der Waals surface area contributed by atoms with Crippen LogP contribution in [0.1, 0.15) is 55.7 Å². The van der Waals surface area contributed by atoms with Crippen molar-refractivity contribution < 1.29 is 23.8 Å². The molecule has 1 aromatic heterocycles. The lowest BCUT2D eigenvalue weighted by atomic mass is 10.0. The normalized spacial score (nSPS) is 13.9. The first-order valence-corrected chi connectivity index (χ1v) is 10.1. The van der Waals surface area contributed by atoms with Gasteiger partial charge in [-0.15, -0.1) is 0 Å². The zero-order valence-electron chi connectivity index (χ0n) is 16.9. The number of carbonyl (C=O) groups is 2. The summed E-state index contributed by atoms with van der Waals surface area (Å²) in [6.07, 6.45) is 3.92. The fraction of sp³-hybridized carbons (Fsp3) is 0.500. The first-order chi connectivity index (χ1) is 13.9. The van der Waals surface area contributed by atoms with Crippen molar-refractivity contribution >= 4 is 22.8 Å². The second-order valence-corrected chi connectivity index (χ2v) is 7.59. The molecule has 1 aliphatic rings. The van der Waals surface area contributed by atoms with E-state index in [2.05, 4.69) is 5.32 Å². The van der Waals surface area contributed by atoms with Gasteiger partial charge in [0, 0.05) is 18.5 Å². The molecule has 2 N–H and O–H groups in total. The maximum absolute atomic E-state index is 12.4. The molecule has 3 rings (SSSR count). The van der Waals surface area contributed by atoms with Crippen LogP contribution >= 0.6 is 0 Å². The highest BCUT2D eigenvalue weighted by Crippen LogP contribution is 2.35. The number of aliphatic carboxylic acids is 1. The second-order valence-electron chi connectivity index (χ2n) is 7.59. The summed E-state index contributed by atoms with van der Waals surface area (Å²) in [6, 6.07) is 3.70. The Morgan fingerprint density at radius 1 is 1.21 bits per heavy atom. The summed E-state index contributed by atoms with van der Waals surface area (Å²) < 4.78 is 11.5. The molecule has 1 heterocycles. The van der Waals surface area contributed by atoms with Crippen LogP contribution < -0.4 is 15.7 Å². The van der Waals surface area contributed by atoms with Crippen molar-refractivity contribution in [3.63, 3.8) is 0 Å². The number of hydrogen-bond acceptors (Lipinski definition) is 5. The summed E-state index contributed by atoms with van der Waals surface area (Å²) >= 11 is 0. The third-order valence-electron chi connectivity index (χ3n) is 5.22. The van der Waals surface area contributed by atoms with Crippen molar-refractivity contribution in [1.29, 1.82) is 0 Å². The van der Waals surface area contributed by atoms with Crippen LogP contribution in [0.5, 0.6) is 5.75 Å². The summed E-state index contributed by atoms with van der Waals surface area (Å²) in [6.45, 7) is 4.06. The number of hydrogen-bond donors (Lipinski definition) is 2. The Labute approximate surface area is 169 Å². The Hall–Kier alpha value is -2.83. The number of aryl methyl sites for hydroxylation is 2. The second kappa shape index (κ2) is 9.11. The maximum Gasteiger partial charge on any atom is 0.339 e. The van der Waals surface area contributed by atoms with E-state index >= 15 is 0 Å². The molecular formula is C22H27NO6. The van der Waals surface area contributed by atoms with E-state index in [1.54, 1.807) is 6.92 Å². The molecule has 7 nitrogen and oxygen atoms in total. The SMILES string of the molecule is Cc1cc(O[C@H](C)C(=O)NCCCCCC(=O)O)c2c3c(c(=O)oc2c1)CCC3. The summed E-state index contributed by atoms with van der Waals surface area (Å²) in [4.78, 5) is 35.1. The number of amides is 1. The molecule has 0 radical (unpaired) electrons. The third-order valence-corrected chi connectivity index (χ3v) is 5.22. The number of nitrogens with one attached hydrogen (secondary N) is 1. The summed E-state index contributed by atoms with van der Waals surface area (Å²) in [5, 5.41) is 12.2. The van der Waals surface area contributed by atoms with Crippen LogP contribution in [0.4, 0.5) is 0 Å². The molecule has 0 spiro atoms.